The molecule has 0 spiro atoms. The standard InChI is InChI=1S/C13H20N2O2/c1-11-7-5-6-9-15(11)10-8-14-12(16)17-13(2,3)4/h5-7,9H,8,10H2,1-4H3/p+1. The maximum Gasteiger partial charge on any atom is 0.407 e. The first kappa shape index (κ1) is 13.5. The molecule has 0 aliphatic carbocycles. The SMILES string of the molecule is Cc1cccc[n+]1CCNC(=O)OC(C)(C)C. The summed E-state index contributed by atoms with van der Waals surface area (Å²) in [5.74, 6) is 0. The number of aromatic nitrogens is 1. The lowest BCUT2D eigenvalue weighted by atomic mass is 10.2. The normalized spacial score (nSPS) is 11.1. The number of aryl methyl sites for hydroxylation is 1. The Morgan fingerprint density at radius 2 is 2.12 bits per heavy atom. The fraction of sp³-hybridized carbons (Fsp3) is 0.538. The number of amides is 1. The van der Waals surface area contributed by atoms with E-state index in [1.807, 2.05) is 52.1 Å². The van der Waals surface area contributed by atoms with Crippen molar-refractivity contribution in [2.45, 2.75) is 39.8 Å². The van der Waals surface area contributed by atoms with Crippen LogP contribution in [0.3, 0.4) is 0 Å². The fourth-order valence-electron chi connectivity index (χ4n) is 1.41. The second kappa shape index (κ2) is 5.66. The van der Waals surface area contributed by atoms with Crippen LogP contribution < -0.4 is 9.88 Å². The lowest BCUT2D eigenvalue weighted by Crippen LogP contribution is -2.43. The summed E-state index contributed by atoms with van der Waals surface area (Å²) in [5, 5.41) is 2.73. The van der Waals surface area contributed by atoms with E-state index in [1.165, 1.54) is 5.69 Å². The van der Waals surface area contributed by atoms with Crippen LogP contribution in [0.4, 0.5) is 4.79 Å². The van der Waals surface area contributed by atoms with Gasteiger partial charge in [-0.15, -0.1) is 0 Å². The predicted octanol–water partition coefficient (Wildman–Crippen LogP) is 1.81. The highest BCUT2D eigenvalue weighted by Crippen LogP contribution is 2.05. The zero-order chi connectivity index (χ0) is 12.9. The van der Waals surface area contributed by atoms with Gasteiger partial charge < -0.3 is 10.1 Å². The van der Waals surface area contributed by atoms with Crippen molar-refractivity contribution in [3.8, 4) is 0 Å². The Morgan fingerprint density at radius 3 is 2.71 bits per heavy atom. The smallest absolute Gasteiger partial charge is 0.407 e. The molecule has 0 saturated heterocycles. The largest absolute Gasteiger partial charge is 0.444 e. The Bertz CT molecular complexity index is 383. The molecule has 0 radical (unpaired) electrons. The van der Waals surface area contributed by atoms with Crippen molar-refractivity contribution in [2.24, 2.45) is 0 Å². The number of ether oxygens (including phenoxy) is 1. The first-order valence-corrected chi connectivity index (χ1v) is 5.80. The van der Waals surface area contributed by atoms with Crippen LogP contribution in [-0.4, -0.2) is 18.2 Å². The predicted molar refractivity (Wildman–Crippen MR) is 65.6 cm³/mol. The minimum Gasteiger partial charge on any atom is -0.444 e. The second-order valence-electron chi connectivity index (χ2n) is 4.96. The van der Waals surface area contributed by atoms with Gasteiger partial charge >= 0.3 is 6.09 Å². The van der Waals surface area contributed by atoms with Crippen LogP contribution in [0.25, 0.3) is 0 Å². The van der Waals surface area contributed by atoms with Gasteiger partial charge in [-0.3, -0.25) is 0 Å². The highest BCUT2D eigenvalue weighted by atomic mass is 16.6. The molecule has 17 heavy (non-hydrogen) atoms. The number of hydrogen-bond acceptors (Lipinski definition) is 2. The third-order valence-corrected chi connectivity index (χ3v) is 2.19. The zero-order valence-corrected chi connectivity index (χ0v) is 11.0. The van der Waals surface area contributed by atoms with Crippen molar-refractivity contribution in [3.63, 3.8) is 0 Å². The Hall–Kier alpha value is -1.58. The van der Waals surface area contributed by atoms with Crippen molar-refractivity contribution in [3.05, 3.63) is 30.1 Å². The van der Waals surface area contributed by atoms with Crippen LogP contribution in [0.1, 0.15) is 26.5 Å². The van der Waals surface area contributed by atoms with Gasteiger partial charge in [0.1, 0.15) is 5.60 Å². The first-order chi connectivity index (χ1) is 7.88. The Morgan fingerprint density at radius 1 is 1.41 bits per heavy atom. The molecule has 0 aliphatic heterocycles. The van der Waals surface area contributed by atoms with Crippen LogP contribution in [-0.2, 0) is 11.3 Å². The number of nitrogens with one attached hydrogen (secondary N) is 1. The molecular weight excluding hydrogens is 216 g/mol. The summed E-state index contributed by atoms with van der Waals surface area (Å²) < 4.78 is 7.23. The summed E-state index contributed by atoms with van der Waals surface area (Å²) in [6.07, 6.45) is 1.62. The van der Waals surface area contributed by atoms with E-state index < -0.39 is 5.60 Å². The van der Waals surface area contributed by atoms with E-state index in [0.717, 1.165) is 6.54 Å². The van der Waals surface area contributed by atoms with Gasteiger partial charge in [0.15, 0.2) is 18.4 Å². The topological polar surface area (TPSA) is 42.2 Å². The molecule has 1 amide bonds. The molecule has 4 nitrogen and oxygen atoms in total. The molecular formula is C13H21N2O2+. The van der Waals surface area contributed by atoms with Gasteiger partial charge in [-0.1, -0.05) is 6.07 Å². The summed E-state index contributed by atoms with van der Waals surface area (Å²) in [6.45, 7) is 8.89. The van der Waals surface area contributed by atoms with E-state index in [1.54, 1.807) is 0 Å². The molecule has 0 unspecified atom stereocenters. The lowest BCUT2D eigenvalue weighted by molar-refractivity contribution is -0.700. The van der Waals surface area contributed by atoms with Gasteiger partial charge in [0.2, 0.25) is 0 Å². The third kappa shape index (κ3) is 5.33. The average molecular weight is 237 g/mol. The van der Waals surface area contributed by atoms with Crippen molar-refractivity contribution in [2.75, 3.05) is 6.54 Å². The molecule has 0 saturated carbocycles. The quantitative estimate of drug-likeness (QED) is 0.815. The van der Waals surface area contributed by atoms with Gasteiger partial charge in [-0.2, -0.15) is 0 Å². The van der Waals surface area contributed by atoms with Crippen LogP contribution >= 0.6 is 0 Å². The summed E-state index contributed by atoms with van der Waals surface area (Å²) in [5.41, 5.74) is 0.721. The van der Waals surface area contributed by atoms with Crippen LogP contribution in [0.2, 0.25) is 0 Å². The van der Waals surface area contributed by atoms with Crippen LogP contribution in [0, 0.1) is 6.92 Å². The van der Waals surface area contributed by atoms with Crippen LogP contribution in [0.5, 0.6) is 0 Å². The van der Waals surface area contributed by atoms with Gasteiger partial charge in [0.25, 0.3) is 0 Å². The zero-order valence-electron chi connectivity index (χ0n) is 11.0. The first-order valence-electron chi connectivity index (χ1n) is 5.80. The molecule has 1 rings (SSSR count). The second-order valence-corrected chi connectivity index (χ2v) is 4.96. The third-order valence-electron chi connectivity index (χ3n) is 2.19. The maximum absolute atomic E-state index is 11.4. The Balaban J connectivity index is 2.34. The minimum absolute atomic E-state index is 0.369. The molecule has 0 bridgehead atoms. The van der Waals surface area contributed by atoms with E-state index in [0.29, 0.717) is 6.54 Å². The highest BCUT2D eigenvalue weighted by molar-refractivity contribution is 5.67. The monoisotopic (exact) mass is 237 g/mol. The Labute approximate surface area is 103 Å². The van der Waals surface area contributed by atoms with Gasteiger partial charge in [0.05, 0.1) is 6.54 Å². The summed E-state index contributed by atoms with van der Waals surface area (Å²) >= 11 is 0. The molecule has 1 N–H and O–H groups in total. The Kier molecular flexibility index (Phi) is 4.49. The summed E-state index contributed by atoms with van der Waals surface area (Å²) in [6, 6.07) is 6.00. The molecule has 1 aromatic rings. The lowest BCUT2D eigenvalue weighted by Gasteiger charge is -2.19. The molecule has 1 heterocycles. The fourth-order valence-corrected chi connectivity index (χ4v) is 1.41. The van der Waals surface area contributed by atoms with Crippen LogP contribution in [0.15, 0.2) is 24.4 Å². The molecule has 0 fully saturated rings. The molecule has 1 aromatic heterocycles. The van der Waals surface area contributed by atoms with Gasteiger partial charge in [-0.05, 0) is 20.8 Å². The van der Waals surface area contributed by atoms with Crippen molar-refractivity contribution < 1.29 is 14.1 Å². The number of alkyl carbamates (subject to hydrolysis) is 1. The van der Waals surface area contributed by atoms with E-state index in [9.17, 15) is 4.79 Å². The molecule has 4 heteroatoms. The van der Waals surface area contributed by atoms with Gasteiger partial charge in [-0.25, -0.2) is 9.36 Å². The number of carbonyl (C=O) groups is 1. The number of nitrogens with zero attached hydrogens (tertiary/aromatic N) is 1. The van der Waals surface area contributed by atoms with E-state index >= 15 is 0 Å². The molecule has 94 valence electrons. The number of hydrogen-bond donors (Lipinski definition) is 1. The average Bonchev–Trinajstić information content (AvgIpc) is 2.18. The molecule has 0 atom stereocenters. The summed E-state index contributed by atoms with van der Waals surface area (Å²) in [4.78, 5) is 11.4. The highest BCUT2D eigenvalue weighted by Gasteiger charge is 2.16. The number of pyridine rings is 1. The molecule has 0 aliphatic rings. The van der Waals surface area contributed by atoms with Crippen molar-refractivity contribution in [1.82, 2.24) is 5.32 Å². The molecule has 0 aromatic carbocycles. The van der Waals surface area contributed by atoms with Crippen molar-refractivity contribution >= 4 is 6.09 Å². The van der Waals surface area contributed by atoms with E-state index in [2.05, 4.69) is 9.88 Å². The minimum atomic E-state index is -0.445. The van der Waals surface area contributed by atoms with E-state index in [-0.39, 0.29) is 6.09 Å². The van der Waals surface area contributed by atoms with Crippen molar-refractivity contribution in [1.29, 1.82) is 0 Å². The number of rotatable bonds is 3. The summed E-state index contributed by atoms with van der Waals surface area (Å²) in [7, 11) is 0. The van der Waals surface area contributed by atoms with E-state index in [4.69, 9.17) is 4.74 Å². The number of carbonyl (C=O) groups excluding carboxylic acids is 1. The maximum atomic E-state index is 11.4. The van der Waals surface area contributed by atoms with Gasteiger partial charge in [0, 0.05) is 19.1 Å².